The molecule has 16 heteroatoms. The molecule has 2 N–H and O–H groups in total. The molecular formula is C38H40F5N5O6. The number of nitrogens with one attached hydrogen (secondary N) is 1. The van der Waals surface area contributed by atoms with Crippen LogP contribution in [-0.4, -0.2) is 102 Å². The van der Waals surface area contributed by atoms with Crippen LogP contribution in [0.25, 0.3) is 10.8 Å². The Bertz CT molecular complexity index is 1950. The second kappa shape index (κ2) is 15.1. The number of phenolic OH excluding ortho intramolecular Hbond substituents is 1. The van der Waals surface area contributed by atoms with Gasteiger partial charge >= 0.3 is 12.2 Å². The molecule has 0 spiro atoms. The molecule has 4 aliphatic heterocycles. The molecule has 0 aliphatic carbocycles. The number of nitrogens with zero attached hydrogens (tertiary/aromatic N) is 4. The molecule has 2 unspecified atom stereocenters. The standard InChI is InChI=1S/C38H40F5N5O6/c1-3-27-29(40)9-8-22-15-26(49)16-28(32(22)27)30-20-52-33-34(47-12-6-5-7-24(19-47)44-31(50)4-2)45-36(46-35(33)54-30)53-21-37(38(41,42)43)17-23(39)18-48(37)25-10-13-51-14-11-25/h1,4,8-9,15-16,23-25,30,49H,2,5-7,10-14,17-21H2,(H,44,50)/t23-,24?,30?,37+/m1/s1. The van der Waals surface area contributed by atoms with Crippen LogP contribution in [0.1, 0.15) is 55.8 Å². The first-order valence-electron chi connectivity index (χ1n) is 17.9. The second-order valence-electron chi connectivity index (χ2n) is 14.0. The highest BCUT2D eigenvalue weighted by Gasteiger charge is 2.65. The van der Waals surface area contributed by atoms with Gasteiger partial charge in [0.15, 0.2) is 17.5 Å². The second-order valence-corrected chi connectivity index (χ2v) is 14.0. The summed E-state index contributed by atoms with van der Waals surface area (Å²) < 4.78 is 99.2. The molecule has 0 radical (unpaired) electrons. The fourth-order valence-electron chi connectivity index (χ4n) is 8.05. The van der Waals surface area contributed by atoms with Crippen molar-refractivity contribution in [1.82, 2.24) is 20.2 Å². The van der Waals surface area contributed by atoms with Crippen molar-refractivity contribution < 1.29 is 50.8 Å². The van der Waals surface area contributed by atoms with Crippen LogP contribution >= 0.6 is 0 Å². The summed E-state index contributed by atoms with van der Waals surface area (Å²) in [4.78, 5) is 24.1. The molecule has 0 saturated carbocycles. The Kier molecular flexibility index (Phi) is 10.5. The molecule has 0 bridgehead atoms. The molecule has 4 atom stereocenters. The van der Waals surface area contributed by atoms with Crippen molar-refractivity contribution in [1.29, 1.82) is 0 Å². The lowest BCUT2D eigenvalue weighted by atomic mass is 9.93. The van der Waals surface area contributed by atoms with Crippen molar-refractivity contribution in [3.63, 3.8) is 0 Å². The lowest BCUT2D eigenvalue weighted by Crippen LogP contribution is -2.62. The van der Waals surface area contributed by atoms with E-state index >= 15 is 17.6 Å². The minimum atomic E-state index is -4.88. The number of ether oxygens (including phenoxy) is 4. The zero-order valence-electron chi connectivity index (χ0n) is 29.3. The average molecular weight is 758 g/mol. The summed E-state index contributed by atoms with van der Waals surface area (Å²) in [7, 11) is 0. The number of anilines is 1. The largest absolute Gasteiger partial charge is 0.508 e. The molecule has 288 valence electrons. The number of halogens is 5. The van der Waals surface area contributed by atoms with Gasteiger partial charge in [-0.3, -0.25) is 9.69 Å². The van der Waals surface area contributed by atoms with E-state index < -0.39 is 61.4 Å². The molecule has 54 heavy (non-hydrogen) atoms. The van der Waals surface area contributed by atoms with Crippen molar-refractivity contribution in [2.75, 3.05) is 51.0 Å². The molecule has 1 aromatic heterocycles. The highest BCUT2D eigenvalue weighted by atomic mass is 19.4. The summed E-state index contributed by atoms with van der Waals surface area (Å²) in [6, 6.07) is 4.07. The lowest BCUT2D eigenvalue weighted by molar-refractivity contribution is -0.241. The van der Waals surface area contributed by atoms with Gasteiger partial charge in [-0.05, 0) is 61.8 Å². The zero-order valence-corrected chi connectivity index (χ0v) is 29.3. The number of carbonyl (C=O) groups is 1. The number of aromatic nitrogens is 2. The molecule has 7 rings (SSSR count). The van der Waals surface area contributed by atoms with Gasteiger partial charge in [-0.2, -0.15) is 23.1 Å². The SMILES string of the molecule is C#Cc1c(F)ccc2cc(O)cc(C3COc4c(nc(OC[C@]5(C(F)(F)F)C[C@@H](F)CN5C5CCOCC5)nc4N4CCCCC(NC(=O)C=C)C4)O3)c12. The number of hydrogen-bond acceptors (Lipinski definition) is 10. The normalized spacial score (nSPS) is 25.2. The maximum atomic E-state index is 15.1. The van der Waals surface area contributed by atoms with Crippen LogP contribution in [0.5, 0.6) is 23.4 Å². The number of aromatic hydroxyl groups is 1. The summed E-state index contributed by atoms with van der Waals surface area (Å²) in [5.74, 6) is 1.22. The van der Waals surface area contributed by atoms with Crippen LogP contribution in [0, 0.1) is 18.2 Å². The van der Waals surface area contributed by atoms with E-state index in [4.69, 9.17) is 25.4 Å². The van der Waals surface area contributed by atoms with Gasteiger partial charge in [0.2, 0.25) is 11.7 Å². The minimum absolute atomic E-state index is 0.0595. The van der Waals surface area contributed by atoms with E-state index in [9.17, 15) is 14.3 Å². The quantitative estimate of drug-likeness (QED) is 0.173. The summed E-state index contributed by atoms with van der Waals surface area (Å²) in [5, 5.41) is 14.2. The van der Waals surface area contributed by atoms with Crippen molar-refractivity contribution >= 4 is 22.5 Å². The molecule has 3 aromatic rings. The van der Waals surface area contributed by atoms with E-state index in [1.54, 1.807) is 0 Å². The summed E-state index contributed by atoms with van der Waals surface area (Å²) in [5.41, 5.74) is -2.45. The molecule has 11 nitrogen and oxygen atoms in total. The molecule has 2 aromatic carbocycles. The van der Waals surface area contributed by atoms with Crippen LogP contribution in [0.2, 0.25) is 0 Å². The minimum Gasteiger partial charge on any atom is -0.508 e. The van der Waals surface area contributed by atoms with Crippen LogP contribution in [-0.2, 0) is 9.53 Å². The third kappa shape index (κ3) is 7.18. The fourth-order valence-corrected chi connectivity index (χ4v) is 8.05. The lowest BCUT2D eigenvalue weighted by Gasteiger charge is -2.44. The maximum Gasteiger partial charge on any atom is 0.410 e. The number of likely N-dealkylation sites (tertiary alicyclic amines) is 1. The Labute approximate surface area is 308 Å². The molecular weight excluding hydrogens is 717 g/mol. The average Bonchev–Trinajstić information content (AvgIpc) is 3.35. The summed E-state index contributed by atoms with van der Waals surface area (Å²) >= 11 is 0. The first-order chi connectivity index (χ1) is 25.9. The van der Waals surface area contributed by atoms with Gasteiger partial charge in [-0.15, -0.1) is 6.42 Å². The molecule has 4 aliphatic rings. The van der Waals surface area contributed by atoms with E-state index in [2.05, 4.69) is 27.8 Å². The van der Waals surface area contributed by atoms with Crippen LogP contribution in [0.3, 0.4) is 0 Å². The van der Waals surface area contributed by atoms with Gasteiger partial charge in [0.25, 0.3) is 5.88 Å². The molecule has 3 saturated heterocycles. The topological polar surface area (TPSA) is 119 Å². The first-order valence-corrected chi connectivity index (χ1v) is 17.9. The van der Waals surface area contributed by atoms with E-state index in [-0.39, 0.29) is 72.6 Å². The summed E-state index contributed by atoms with van der Waals surface area (Å²) in [6.07, 6.45) is 1.09. The van der Waals surface area contributed by atoms with Gasteiger partial charge in [-0.25, -0.2) is 8.78 Å². The summed E-state index contributed by atoms with van der Waals surface area (Å²) in [6.45, 7) is 3.16. The number of hydrogen-bond donors (Lipinski definition) is 2. The Balaban J connectivity index is 1.28. The van der Waals surface area contributed by atoms with E-state index in [0.29, 0.717) is 43.0 Å². The van der Waals surface area contributed by atoms with E-state index in [1.165, 1.54) is 30.3 Å². The number of terminal acetylenes is 1. The van der Waals surface area contributed by atoms with Crippen LogP contribution in [0.4, 0.5) is 27.8 Å². The number of fused-ring (bicyclic) bond motifs is 2. The molecule has 3 fully saturated rings. The van der Waals surface area contributed by atoms with Crippen LogP contribution < -0.4 is 24.4 Å². The van der Waals surface area contributed by atoms with Gasteiger partial charge in [-0.1, -0.05) is 18.6 Å². The number of alkyl halides is 4. The smallest absolute Gasteiger partial charge is 0.410 e. The zero-order chi connectivity index (χ0) is 38.2. The predicted octanol–water partition coefficient (Wildman–Crippen LogP) is 5.53. The maximum absolute atomic E-state index is 15.1. The third-order valence-corrected chi connectivity index (χ3v) is 10.6. The van der Waals surface area contributed by atoms with E-state index in [0.717, 1.165) is 11.3 Å². The Morgan fingerprint density at radius 3 is 2.72 bits per heavy atom. The Morgan fingerprint density at radius 1 is 1.19 bits per heavy atom. The highest BCUT2D eigenvalue weighted by molar-refractivity contribution is 5.93. The number of rotatable bonds is 8. The van der Waals surface area contributed by atoms with Gasteiger partial charge in [0.1, 0.15) is 31.0 Å². The Hall–Kier alpha value is -4.88. The van der Waals surface area contributed by atoms with Gasteiger partial charge in [0, 0.05) is 62.3 Å². The van der Waals surface area contributed by atoms with Crippen molar-refractivity contribution in [2.45, 2.75) is 74.6 Å². The third-order valence-electron chi connectivity index (χ3n) is 10.6. The van der Waals surface area contributed by atoms with Crippen LogP contribution in [0.15, 0.2) is 36.9 Å². The number of phenols is 1. The van der Waals surface area contributed by atoms with Gasteiger partial charge in [0.05, 0.1) is 5.56 Å². The molecule has 1 amide bonds. The fraction of sp³-hybridized carbons (Fsp3) is 0.500. The Morgan fingerprint density at radius 2 is 1.98 bits per heavy atom. The first kappa shape index (κ1) is 37.4. The van der Waals surface area contributed by atoms with Crippen molar-refractivity contribution in [2.24, 2.45) is 0 Å². The number of amides is 1. The molecule has 5 heterocycles. The number of carbonyl (C=O) groups excluding carboxylic acids is 1. The van der Waals surface area contributed by atoms with Gasteiger partial charge < -0.3 is 34.3 Å². The van der Waals surface area contributed by atoms with Crippen molar-refractivity contribution in [3.8, 4) is 35.7 Å². The van der Waals surface area contributed by atoms with E-state index in [1.807, 2.05) is 4.90 Å². The predicted molar refractivity (Wildman–Crippen MR) is 187 cm³/mol. The highest BCUT2D eigenvalue weighted by Crippen LogP contribution is 2.48. The number of benzene rings is 2. The van der Waals surface area contributed by atoms with Crippen molar-refractivity contribution in [3.05, 3.63) is 53.9 Å². The monoisotopic (exact) mass is 757 g/mol.